The maximum absolute atomic E-state index is 4.20. The molecule has 2 heterocycles. The van der Waals surface area contributed by atoms with Gasteiger partial charge < -0.3 is 10.3 Å². The minimum atomic E-state index is 0.731. The van der Waals surface area contributed by atoms with E-state index in [0.717, 1.165) is 30.2 Å². The van der Waals surface area contributed by atoms with Crippen LogP contribution >= 0.6 is 0 Å². The van der Waals surface area contributed by atoms with Gasteiger partial charge in [0.05, 0.1) is 17.7 Å². The average Bonchev–Trinajstić information content (AvgIpc) is 2.66. The van der Waals surface area contributed by atoms with E-state index in [2.05, 4.69) is 25.3 Å². The molecule has 0 aromatic carbocycles. The second-order valence-electron chi connectivity index (χ2n) is 3.28. The number of hydrogen-bond donors (Lipinski definition) is 2. The van der Waals surface area contributed by atoms with Gasteiger partial charge in [-0.05, 0) is 13.0 Å². The van der Waals surface area contributed by atoms with Crippen molar-refractivity contribution in [3.8, 4) is 0 Å². The van der Waals surface area contributed by atoms with Gasteiger partial charge in [0.2, 0.25) is 0 Å². The van der Waals surface area contributed by atoms with Crippen LogP contribution in [0.3, 0.4) is 0 Å². The molecule has 0 spiro atoms. The van der Waals surface area contributed by atoms with E-state index in [1.54, 1.807) is 18.9 Å². The molecule has 0 aliphatic heterocycles. The Morgan fingerprint density at radius 3 is 2.93 bits per heavy atom. The van der Waals surface area contributed by atoms with Crippen LogP contribution in [0.2, 0.25) is 0 Å². The number of nitrogens with zero attached hydrogens (tertiary/aromatic N) is 3. The molecule has 0 fully saturated rings. The largest absolute Gasteiger partial charge is 0.348 e. The summed E-state index contributed by atoms with van der Waals surface area (Å²) in [6.07, 6.45) is 5.00. The van der Waals surface area contributed by atoms with Crippen LogP contribution in [0.4, 0.5) is 0 Å². The average molecular weight is 203 g/mol. The summed E-state index contributed by atoms with van der Waals surface area (Å²) in [6, 6.07) is 1.89. The van der Waals surface area contributed by atoms with Crippen LogP contribution < -0.4 is 5.32 Å². The molecule has 0 saturated carbocycles. The second-order valence-corrected chi connectivity index (χ2v) is 3.28. The zero-order chi connectivity index (χ0) is 10.5. The van der Waals surface area contributed by atoms with Gasteiger partial charge in [-0.3, -0.25) is 0 Å². The van der Waals surface area contributed by atoms with E-state index >= 15 is 0 Å². The van der Waals surface area contributed by atoms with E-state index in [1.165, 1.54) is 0 Å². The fraction of sp³-hybridized carbons (Fsp3) is 0.300. The third kappa shape index (κ3) is 2.60. The number of aryl methyl sites for hydroxylation is 1. The maximum atomic E-state index is 4.20. The van der Waals surface area contributed by atoms with Crippen molar-refractivity contribution in [3.05, 3.63) is 42.0 Å². The predicted molar refractivity (Wildman–Crippen MR) is 55.9 cm³/mol. The Morgan fingerprint density at radius 2 is 2.27 bits per heavy atom. The van der Waals surface area contributed by atoms with Crippen molar-refractivity contribution in [1.82, 2.24) is 25.3 Å². The molecule has 2 rings (SSSR count). The summed E-state index contributed by atoms with van der Waals surface area (Å²) in [5.41, 5.74) is 3.13. The van der Waals surface area contributed by atoms with E-state index in [9.17, 15) is 0 Å². The van der Waals surface area contributed by atoms with Crippen LogP contribution in [0.15, 0.2) is 24.9 Å². The van der Waals surface area contributed by atoms with E-state index < -0.39 is 0 Å². The number of hydrogen-bond acceptors (Lipinski definition) is 4. The molecular formula is C10H13N5. The molecule has 2 aromatic rings. The first-order valence-electron chi connectivity index (χ1n) is 4.80. The summed E-state index contributed by atoms with van der Waals surface area (Å²) in [4.78, 5) is 15.2. The van der Waals surface area contributed by atoms with Gasteiger partial charge in [-0.15, -0.1) is 0 Å². The van der Waals surface area contributed by atoms with Gasteiger partial charge in [-0.25, -0.2) is 15.0 Å². The lowest BCUT2D eigenvalue weighted by Crippen LogP contribution is -2.14. The molecule has 15 heavy (non-hydrogen) atoms. The molecule has 0 aliphatic carbocycles. The van der Waals surface area contributed by atoms with Crippen LogP contribution in [0.25, 0.3) is 0 Å². The van der Waals surface area contributed by atoms with Gasteiger partial charge >= 0.3 is 0 Å². The molecule has 78 valence electrons. The highest BCUT2D eigenvalue weighted by atomic mass is 15.0. The Morgan fingerprint density at radius 1 is 1.33 bits per heavy atom. The molecule has 0 saturated heterocycles. The van der Waals surface area contributed by atoms with Crippen LogP contribution in [-0.2, 0) is 13.1 Å². The molecule has 5 nitrogen and oxygen atoms in total. The van der Waals surface area contributed by atoms with Crippen molar-refractivity contribution in [2.24, 2.45) is 0 Å². The van der Waals surface area contributed by atoms with Crippen molar-refractivity contribution < 1.29 is 0 Å². The Bertz CT molecular complexity index is 409. The Labute approximate surface area is 88.0 Å². The lowest BCUT2D eigenvalue weighted by Gasteiger charge is -2.02. The standard InChI is InChI=1S/C10H13N5/c1-8-10(15-7-13-8)5-12-4-9-2-3-11-6-14-9/h2-3,6-7,12H,4-5H2,1H3,(H,13,15). The first kappa shape index (κ1) is 9.79. The van der Waals surface area contributed by atoms with E-state index in [1.807, 2.05) is 13.0 Å². The SMILES string of the molecule is Cc1[nH]cnc1CNCc1ccncn1. The van der Waals surface area contributed by atoms with Crippen LogP contribution in [0.5, 0.6) is 0 Å². The van der Waals surface area contributed by atoms with Crippen molar-refractivity contribution >= 4 is 0 Å². The van der Waals surface area contributed by atoms with Gasteiger partial charge in [-0.2, -0.15) is 0 Å². The normalized spacial score (nSPS) is 10.5. The molecule has 0 atom stereocenters. The molecule has 0 aliphatic rings. The lowest BCUT2D eigenvalue weighted by atomic mass is 10.3. The van der Waals surface area contributed by atoms with Crippen molar-refractivity contribution in [1.29, 1.82) is 0 Å². The summed E-state index contributed by atoms with van der Waals surface area (Å²) >= 11 is 0. The Hall–Kier alpha value is -1.75. The fourth-order valence-electron chi connectivity index (χ4n) is 1.30. The van der Waals surface area contributed by atoms with Crippen LogP contribution in [-0.4, -0.2) is 19.9 Å². The summed E-state index contributed by atoms with van der Waals surface area (Å²) in [6.45, 7) is 3.49. The molecular weight excluding hydrogens is 190 g/mol. The minimum absolute atomic E-state index is 0.731. The number of aromatic amines is 1. The first-order valence-corrected chi connectivity index (χ1v) is 4.80. The van der Waals surface area contributed by atoms with Gasteiger partial charge in [0.15, 0.2) is 0 Å². The summed E-state index contributed by atoms with van der Waals surface area (Å²) in [5.74, 6) is 0. The lowest BCUT2D eigenvalue weighted by molar-refractivity contribution is 0.665. The minimum Gasteiger partial charge on any atom is -0.348 e. The van der Waals surface area contributed by atoms with E-state index in [-0.39, 0.29) is 0 Å². The zero-order valence-corrected chi connectivity index (χ0v) is 8.57. The quantitative estimate of drug-likeness (QED) is 0.771. The molecule has 5 heteroatoms. The van der Waals surface area contributed by atoms with Gasteiger partial charge in [0, 0.05) is 25.0 Å². The number of imidazole rings is 1. The highest BCUT2D eigenvalue weighted by Crippen LogP contribution is 1.99. The number of rotatable bonds is 4. The third-order valence-corrected chi connectivity index (χ3v) is 2.18. The first-order chi connectivity index (χ1) is 7.36. The molecule has 2 N–H and O–H groups in total. The summed E-state index contributed by atoms with van der Waals surface area (Å²) < 4.78 is 0. The third-order valence-electron chi connectivity index (χ3n) is 2.18. The van der Waals surface area contributed by atoms with E-state index in [0.29, 0.717) is 0 Å². The fourth-order valence-corrected chi connectivity index (χ4v) is 1.30. The number of nitrogens with one attached hydrogen (secondary N) is 2. The number of aromatic nitrogens is 4. The maximum Gasteiger partial charge on any atom is 0.115 e. The Kier molecular flexibility index (Phi) is 3.04. The highest BCUT2D eigenvalue weighted by molar-refractivity contribution is 5.08. The molecule has 0 amide bonds. The molecule has 0 radical (unpaired) electrons. The molecule has 0 unspecified atom stereocenters. The Balaban J connectivity index is 1.83. The summed E-state index contributed by atoms with van der Waals surface area (Å²) in [7, 11) is 0. The second kappa shape index (κ2) is 4.65. The van der Waals surface area contributed by atoms with Gasteiger partial charge in [0.25, 0.3) is 0 Å². The van der Waals surface area contributed by atoms with Crippen LogP contribution in [0, 0.1) is 6.92 Å². The van der Waals surface area contributed by atoms with Crippen LogP contribution in [0.1, 0.15) is 17.1 Å². The predicted octanol–water partition coefficient (Wildman–Crippen LogP) is 0.798. The zero-order valence-electron chi connectivity index (χ0n) is 8.57. The van der Waals surface area contributed by atoms with Gasteiger partial charge in [0.1, 0.15) is 6.33 Å². The van der Waals surface area contributed by atoms with Crippen molar-refractivity contribution in [2.45, 2.75) is 20.0 Å². The van der Waals surface area contributed by atoms with Gasteiger partial charge in [-0.1, -0.05) is 0 Å². The molecule has 0 bridgehead atoms. The number of H-pyrrole nitrogens is 1. The monoisotopic (exact) mass is 203 g/mol. The van der Waals surface area contributed by atoms with Crippen molar-refractivity contribution in [2.75, 3.05) is 0 Å². The van der Waals surface area contributed by atoms with E-state index in [4.69, 9.17) is 0 Å². The smallest absolute Gasteiger partial charge is 0.115 e. The highest BCUT2D eigenvalue weighted by Gasteiger charge is 1.99. The summed E-state index contributed by atoms with van der Waals surface area (Å²) in [5, 5.41) is 3.27. The van der Waals surface area contributed by atoms with Crippen molar-refractivity contribution in [3.63, 3.8) is 0 Å². The molecule has 2 aromatic heterocycles. The topological polar surface area (TPSA) is 66.5 Å².